The molecule has 0 fully saturated rings. The van der Waals surface area contributed by atoms with E-state index in [1.54, 1.807) is 0 Å². The molecule has 1 aromatic heterocycles. The molecule has 0 aliphatic heterocycles. The zero-order valence-electron chi connectivity index (χ0n) is 14.6. The molecule has 0 spiro atoms. The molecule has 3 nitrogen and oxygen atoms in total. The zero-order chi connectivity index (χ0) is 17.3. The summed E-state index contributed by atoms with van der Waals surface area (Å²) in [4.78, 5) is 17.1. The molecule has 0 unspecified atom stereocenters. The average Bonchev–Trinajstić information content (AvgIpc) is 2.54. The number of aryl methyl sites for hydroxylation is 1. The standard InChI is InChI=1S/C21H22N2O/c1-14-8-9-15-6-5-7-18(19(15)22-14)23-20(24)16-10-12-17(13-11-16)21(2,3)4/h5-13H,1-4H3,(H,23,24). The van der Waals surface area contributed by atoms with Crippen molar-refractivity contribution in [1.29, 1.82) is 0 Å². The summed E-state index contributed by atoms with van der Waals surface area (Å²) in [5.74, 6) is -0.119. The third-order valence-electron chi connectivity index (χ3n) is 4.12. The Labute approximate surface area is 142 Å². The van der Waals surface area contributed by atoms with Gasteiger partial charge < -0.3 is 5.32 Å². The summed E-state index contributed by atoms with van der Waals surface area (Å²) in [5, 5.41) is 4.00. The number of amides is 1. The fraction of sp³-hybridized carbons (Fsp3) is 0.238. The van der Waals surface area contributed by atoms with Crippen molar-refractivity contribution in [2.45, 2.75) is 33.1 Å². The first-order valence-corrected chi connectivity index (χ1v) is 8.13. The van der Waals surface area contributed by atoms with Crippen molar-refractivity contribution in [1.82, 2.24) is 4.98 Å². The van der Waals surface area contributed by atoms with Gasteiger partial charge in [0.05, 0.1) is 11.2 Å². The summed E-state index contributed by atoms with van der Waals surface area (Å²) >= 11 is 0. The number of nitrogens with zero attached hydrogens (tertiary/aromatic N) is 1. The maximum Gasteiger partial charge on any atom is 0.255 e. The lowest BCUT2D eigenvalue weighted by molar-refractivity contribution is 0.102. The minimum Gasteiger partial charge on any atom is -0.320 e. The van der Waals surface area contributed by atoms with Crippen molar-refractivity contribution in [2.75, 3.05) is 5.32 Å². The Kier molecular flexibility index (Phi) is 4.10. The van der Waals surface area contributed by atoms with Crippen LogP contribution in [-0.4, -0.2) is 10.9 Å². The van der Waals surface area contributed by atoms with Crippen molar-refractivity contribution >= 4 is 22.5 Å². The van der Waals surface area contributed by atoms with E-state index in [4.69, 9.17) is 0 Å². The van der Waals surface area contributed by atoms with Crippen molar-refractivity contribution in [3.63, 3.8) is 0 Å². The lowest BCUT2D eigenvalue weighted by atomic mass is 9.87. The van der Waals surface area contributed by atoms with Gasteiger partial charge in [-0.2, -0.15) is 0 Å². The van der Waals surface area contributed by atoms with Gasteiger partial charge in [0.2, 0.25) is 0 Å². The highest BCUT2D eigenvalue weighted by atomic mass is 16.1. The second kappa shape index (κ2) is 6.08. The quantitative estimate of drug-likeness (QED) is 0.715. The lowest BCUT2D eigenvalue weighted by Crippen LogP contribution is -2.14. The topological polar surface area (TPSA) is 42.0 Å². The molecule has 1 heterocycles. The van der Waals surface area contributed by atoms with E-state index < -0.39 is 0 Å². The van der Waals surface area contributed by atoms with Gasteiger partial charge in [0, 0.05) is 16.6 Å². The molecule has 0 saturated carbocycles. The van der Waals surface area contributed by atoms with E-state index in [0.717, 1.165) is 22.3 Å². The van der Waals surface area contributed by atoms with Crippen molar-refractivity contribution < 1.29 is 4.79 Å². The molecule has 122 valence electrons. The fourth-order valence-electron chi connectivity index (χ4n) is 2.66. The number of para-hydroxylation sites is 1. The van der Waals surface area contributed by atoms with Crippen LogP contribution in [0.3, 0.4) is 0 Å². The molecular weight excluding hydrogens is 296 g/mol. The number of hydrogen-bond acceptors (Lipinski definition) is 2. The molecule has 1 N–H and O–H groups in total. The first-order chi connectivity index (χ1) is 11.3. The average molecular weight is 318 g/mol. The molecule has 24 heavy (non-hydrogen) atoms. The molecule has 3 rings (SSSR count). The zero-order valence-corrected chi connectivity index (χ0v) is 14.6. The first kappa shape index (κ1) is 16.2. The van der Waals surface area contributed by atoms with Crippen LogP contribution in [0.25, 0.3) is 10.9 Å². The fourth-order valence-corrected chi connectivity index (χ4v) is 2.66. The predicted octanol–water partition coefficient (Wildman–Crippen LogP) is 5.09. The maximum atomic E-state index is 12.6. The molecule has 3 heteroatoms. The molecule has 3 aromatic rings. The first-order valence-electron chi connectivity index (χ1n) is 8.13. The van der Waals surface area contributed by atoms with Crippen LogP contribution in [0.2, 0.25) is 0 Å². The summed E-state index contributed by atoms with van der Waals surface area (Å²) < 4.78 is 0. The minimum atomic E-state index is -0.119. The van der Waals surface area contributed by atoms with E-state index in [1.165, 1.54) is 5.56 Å². The van der Waals surface area contributed by atoms with Crippen LogP contribution in [0.15, 0.2) is 54.6 Å². The van der Waals surface area contributed by atoms with E-state index in [-0.39, 0.29) is 11.3 Å². The number of rotatable bonds is 2. The molecule has 0 aliphatic carbocycles. The Morgan fingerprint density at radius 2 is 1.67 bits per heavy atom. The van der Waals surface area contributed by atoms with Gasteiger partial charge in [-0.05, 0) is 42.2 Å². The van der Waals surface area contributed by atoms with Crippen molar-refractivity contribution in [3.05, 3.63) is 71.4 Å². The van der Waals surface area contributed by atoms with E-state index in [9.17, 15) is 4.79 Å². The molecular formula is C21H22N2O. The Balaban J connectivity index is 1.89. The number of benzene rings is 2. The number of anilines is 1. The van der Waals surface area contributed by atoms with Crippen LogP contribution in [0.1, 0.15) is 42.4 Å². The highest BCUT2D eigenvalue weighted by molar-refractivity contribution is 6.08. The Morgan fingerprint density at radius 3 is 2.33 bits per heavy atom. The number of aromatic nitrogens is 1. The van der Waals surface area contributed by atoms with Crippen molar-refractivity contribution in [2.24, 2.45) is 0 Å². The van der Waals surface area contributed by atoms with Crippen LogP contribution < -0.4 is 5.32 Å². The largest absolute Gasteiger partial charge is 0.320 e. The smallest absolute Gasteiger partial charge is 0.255 e. The highest BCUT2D eigenvalue weighted by Gasteiger charge is 2.15. The van der Waals surface area contributed by atoms with Gasteiger partial charge in [-0.15, -0.1) is 0 Å². The van der Waals surface area contributed by atoms with Gasteiger partial charge in [0.25, 0.3) is 5.91 Å². The normalized spacial score (nSPS) is 11.5. The van der Waals surface area contributed by atoms with Gasteiger partial charge in [-0.25, -0.2) is 0 Å². The number of carbonyl (C=O) groups is 1. The molecule has 0 saturated heterocycles. The molecule has 2 aromatic carbocycles. The summed E-state index contributed by atoms with van der Waals surface area (Å²) in [6, 6.07) is 17.6. The van der Waals surface area contributed by atoms with Gasteiger partial charge in [-0.3, -0.25) is 9.78 Å². The second-order valence-corrected chi connectivity index (χ2v) is 7.11. The third kappa shape index (κ3) is 3.30. The number of hydrogen-bond donors (Lipinski definition) is 1. The van der Waals surface area contributed by atoms with E-state index in [0.29, 0.717) is 5.56 Å². The van der Waals surface area contributed by atoms with Crippen LogP contribution in [-0.2, 0) is 5.41 Å². The summed E-state index contributed by atoms with van der Waals surface area (Å²) in [7, 11) is 0. The molecule has 0 bridgehead atoms. The maximum absolute atomic E-state index is 12.6. The summed E-state index contributed by atoms with van der Waals surface area (Å²) in [5.41, 5.74) is 4.41. The van der Waals surface area contributed by atoms with Gasteiger partial charge in [-0.1, -0.05) is 51.1 Å². The van der Waals surface area contributed by atoms with Crippen LogP contribution in [0.5, 0.6) is 0 Å². The van der Waals surface area contributed by atoms with Crippen LogP contribution in [0, 0.1) is 6.92 Å². The second-order valence-electron chi connectivity index (χ2n) is 7.11. The summed E-state index contributed by atoms with van der Waals surface area (Å²) in [6.45, 7) is 8.42. The van der Waals surface area contributed by atoms with Crippen LogP contribution in [0.4, 0.5) is 5.69 Å². The number of fused-ring (bicyclic) bond motifs is 1. The van der Waals surface area contributed by atoms with Gasteiger partial charge in [0.15, 0.2) is 0 Å². The minimum absolute atomic E-state index is 0.0755. The molecule has 0 radical (unpaired) electrons. The lowest BCUT2D eigenvalue weighted by Gasteiger charge is -2.19. The highest BCUT2D eigenvalue weighted by Crippen LogP contribution is 2.24. The monoisotopic (exact) mass is 318 g/mol. The predicted molar refractivity (Wildman–Crippen MR) is 99.6 cm³/mol. The number of pyridine rings is 1. The Morgan fingerprint density at radius 1 is 0.958 bits per heavy atom. The van der Waals surface area contributed by atoms with E-state index >= 15 is 0 Å². The molecule has 0 aliphatic rings. The van der Waals surface area contributed by atoms with E-state index in [1.807, 2.05) is 61.5 Å². The summed E-state index contributed by atoms with van der Waals surface area (Å²) in [6.07, 6.45) is 0. The SMILES string of the molecule is Cc1ccc2cccc(NC(=O)c3ccc(C(C)(C)C)cc3)c2n1. The number of carbonyl (C=O) groups excluding carboxylic acids is 1. The van der Waals surface area contributed by atoms with Gasteiger partial charge in [0.1, 0.15) is 0 Å². The van der Waals surface area contributed by atoms with Gasteiger partial charge >= 0.3 is 0 Å². The Bertz CT molecular complexity index is 890. The third-order valence-corrected chi connectivity index (χ3v) is 4.12. The van der Waals surface area contributed by atoms with E-state index in [2.05, 4.69) is 31.1 Å². The number of nitrogens with one attached hydrogen (secondary N) is 1. The Hall–Kier alpha value is -2.68. The van der Waals surface area contributed by atoms with Crippen LogP contribution >= 0.6 is 0 Å². The molecule has 1 amide bonds. The molecule has 0 atom stereocenters. The van der Waals surface area contributed by atoms with Crippen molar-refractivity contribution in [3.8, 4) is 0 Å².